The Morgan fingerprint density at radius 2 is 1.76 bits per heavy atom. The number of phenols is 1. The first-order valence-electron chi connectivity index (χ1n) is 10.7. The van der Waals surface area contributed by atoms with E-state index in [2.05, 4.69) is 5.32 Å². The van der Waals surface area contributed by atoms with E-state index in [1.807, 2.05) is 0 Å². The van der Waals surface area contributed by atoms with E-state index in [0.29, 0.717) is 24.5 Å². The molecule has 0 saturated carbocycles. The van der Waals surface area contributed by atoms with Crippen LogP contribution >= 0.6 is 11.6 Å². The van der Waals surface area contributed by atoms with Crippen molar-refractivity contribution in [1.82, 2.24) is 5.32 Å². The number of sulfone groups is 1. The first-order chi connectivity index (χ1) is 16.2. The average molecular weight is 504 g/mol. The lowest BCUT2D eigenvalue weighted by molar-refractivity contribution is 0.0522. The van der Waals surface area contributed by atoms with E-state index in [0.717, 1.165) is 23.3 Å². The minimum Gasteiger partial charge on any atom is -0.507 e. The van der Waals surface area contributed by atoms with Gasteiger partial charge in [0.1, 0.15) is 11.3 Å². The van der Waals surface area contributed by atoms with Gasteiger partial charge < -0.3 is 20.3 Å². The highest BCUT2D eigenvalue weighted by molar-refractivity contribution is 7.91. The molecule has 0 aliphatic rings. The number of carbonyl (C=O) groups is 1. The zero-order chi connectivity index (χ0) is 24.7. The van der Waals surface area contributed by atoms with E-state index in [1.54, 1.807) is 43.3 Å². The Morgan fingerprint density at radius 3 is 2.44 bits per heavy atom. The quantitative estimate of drug-likeness (QED) is 0.284. The second kappa shape index (κ2) is 11.5. The summed E-state index contributed by atoms with van der Waals surface area (Å²) in [7, 11) is -3.89. The van der Waals surface area contributed by atoms with Crippen molar-refractivity contribution >= 4 is 27.4 Å². The molecular weight excluding hydrogens is 478 g/mol. The largest absolute Gasteiger partial charge is 0.507 e. The Morgan fingerprint density at radius 1 is 1.06 bits per heavy atom. The van der Waals surface area contributed by atoms with E-state index >= 15 is 0 Å². The number of rotatable bonds is 10. The van der Waals surface area contributed by atoms with Crippen molar-refractivity contribution in [2.75, 3.05) is 19.7 Å². The number of carbonyl (C=O) groups excluding carboxylic acids is 1. The van der Waals surface area contributed by atoms with Crippen LogP contribution in [0.2, 0.25) is 5.02 Å². The average Bonchev–Trinajstić information content (AvgIpc) is 2.82. The van der Waals surface area contributed by atoms with Crippen LogP contribution in [-0.2, 0) is 21.0 Å². The van der Waals surface area contributed by atoms with Crippen LogP contribution in [0.3, 0.4) is 0 Å². The molecular formula is C25H26ClNO6S. The van der Waals surface area contributed by atoms with Crippen molar-refractivity contribution in [3.05, 3.63) is 88.4 Å². The van der Waals surface area contributed by atoms with Crippen molar-refractivity contribution in [3.63, 3.8) is 0 Å². The second-order valence-electron chi connectivity index (χ2n) is 7.57. The molecule has 34 heavy (non-hydrogen) atoms. The van der Waals surface area contributed by atoms with E-state index < -0.39 is 21.9 Å². The highest BCUT2D eigenvalue weighted by atomic mass is 35.5. The fourth-order valence-electron chi connectivity index (χ4n) is 3.33. The molecule has 3 aromatic carbocycles. The zero-order valence-electron chi connectivity index (χ0n) is 18.6. The number of aliphatic hydroxyl groups excluding tert-OH is 1. The number of aromatic hydroxyl groups is 1. The van der Waals surface area contributed by atoms with Crippen molar-refractivity contribution in [1.29, 1.82) is 0 Å². The standard InChI is InChI=1S/C25H26ClNO6S/c1-2-33-25(30)22-15-21(10-11-23(22)28)34(31,32)20-8-6-17(7-9-20)12-13-27-16-24(29)18-4-3-5-19(26)14-18/h3-11,14-15,24,27-29H,2,12-13,16H2,1H3/t24-/m0/s1. The van der Waals surface area contributed by atoms with Crippen molar-refractivity contribution < 1.29 is 28.2 Å². The highest BCUT2D eigenvalue weighted by Crippen LogP contribution is 2.27. The van der Waals surface area contributed by atoms with Crippen LogP contribution in [0.15, 0.2) is 76.5 Å². The summed E-state index contributed by atoms with van der Waals surface area (Å²) in [5, 5.41) is 23.9. The molecule has 3 rings (SSSR count). The van der Waals surface area contributed by atoms with Gasteiger partial charge in [0.25, 0.3) is 0 Å². The highest BCUT2D eigenvalue weighted by Gasteiger charge is 2.22. The molecule has 0 amide bonds. The van der Waals surface area contributed by atoms with Crippen LogP contribution in [0.4, 0.5) is 0 Å². The smallest absolute Gasteiger partial charge is 0.341 e. The van der Waals surface area contributed by atoms with Gasteiger partial charge in [-0.1, -0.05) is 35.9 Å². The van der Waals surface area contributed by atoms with E-state index in [1.165, 1.54) is 18.2 Å². The molecule has 0 heterocycles. The number of halogens is 1. The maximum Gasteiger partial charge on any atom is 0.341 e. The third-order valence-corrected chi connectivity index (χ3v) is 7.17. The van der Waals surface area contributed by atoms with Gasteiger partial charge in [-0.3, -0.25) is 0 Å². The van der Waals surface area contributed by atoms with Crippen molar-refractivity contribution in [2.24, 2.45) is 0 Å². The number of ether oxygens (including phenoxy) is 1. The molecule has 9 heteroatoms. The molecule has 0 aromatic heterocycles. The number of aliphatic hydroxyl groups is 1. The van der Waals surface area contributed by atoms with Crippen LogP contribution in [0.5, 0.6) is 5.75 Å². The molecule has 0 saturated heterocycles. The lowest BCUT2D eigenvalue weighted by Gasteiger charge is -2.13. The number of hydrogen-bond acceptors (Lipinski definition) is 7. The predicted molar refractivity (Wildman–Crippen MR) is 129 cm³/mol. The van der Waals surface area contributed by atoms with Gasteiger partial charge in [-0.15, -0.1) is 0 Å². The Hall–Kier alpha value is -2.91. The predicted octanol–water partition coefficient (Wildman–Crippen LogP) is 3.92. The Bertz CT molecular complexity index is 1240. The fraction of sp³-hybridized carbons (Fsp3) is 0.240. The molecule has 0 spiro atoms. The van der Waals surface area contributed by atoms with E-state index in [4.69, 9.17) is 16.3 Å². The number of benzene rings is 3. The molecule has 0 radical (unpaired) electrons. The zero-order valence-corrected chi connectivity index (χ0v) is 20.1. The summed E-state index contributed by atoms with van der Waals surface area (Å²) < 4.78 is 30.9. The third kappa shape index (κ3) is 6.36. The monoisotopic (exact) mass is 503 g/mol. The molecule has 3 N–H and O–H groups in total. The Labute approximate surface area is 203 Å². The van der Waals surface area contributed by atoms with Gasteiger partial charge in [-0.05, 0) is 73.5 Å². The van der Waals surface area contributed by atoms with Gasteiger partial charge in [0.15, 0.2) is 0 Å². The lowest BCUT2D eigenvalue weighted by atomic mass is 10.1. The van der Waals surface area contributed by atoms with Crippen molar-refractivity contribution in [2.45, 2.75) is 29.2 Å². The molecule has 180 valence electrons. The van der Waals surface area contributed by atoms with Gasteiger partial charge in [-0.25, -0.2) is 13.2 Å². The summed E-state index contributed by atoms with van der Waals surface area (Å²) in [6, 6.07) is 17.0. The summed E-state index contributed by atoms with van der Waals surface area (Å²) in [4.78, 5) is 11.9. The van der Waals surface area contributed by atoms with Crippen LogP contribution in [0.25, 0.3) is 0 Å². The van der Waals surface area contributed by atoms with E-state index in [9.17, 15) is 23.4 Å². The summed E-state index contributed by atoms with van der Waals surface area (Å²) in [5.41, 5.74) is 1.45. The lowest BCUT2D eigenvalue weighted by Crippen LogP contribution is -2.23. The molecule has 0 bridgehead atoms. The second-order valence-corrected chi connectivity index (χ2v) is 9.96. The minimum absolute atomic E-state index is 0.0705. The van der Waals surface area contributed by atoms with Crippen LogP contribution in [-0.4, -0.2) is 44.3 Å². The summed E-state index contributed by atoms with van der Waals surface area (Å²) >= 11 is 5.95. The van der Waals surface area contributed by atoms with Crippen LogP contribution in [0.1, 0.15) is 34.5 Å². The van der Waals surface area contributed by atoms with E-state index in [-0.39, 0.29) is 27.7 Å². The molecule has 0 aliphatic carbocycles. The molecule has 3 aromatic rings. The molecule has 1 atom stereocenters. The summed E-state index contributed by atoms with van der Waals surface area (Å²) in [6.45, 7) is 2.67. The summed E-state index contributed by atoms with van der Waals surface area (Å²) in [6.07, 6.45) is -0.0505. The number of esters is 1. The number of nitrogens with one attached hydrogen (secondary N) is 1. The topological polar surface area (TPSA) is 113 Å². The van der Waals surface area contributed by atoms with Gasteiger partial charge >= 0.3 is 5.97 Å². The van der Waals surface area contributed by atoms with Gasteiger partial charge in [-0.2, -0.15) is 0 Å². The molecule has 7 nitrogen and oxygen atoms in total. The SMILES string of the molecule is CCOC(=O)c1cc(S(=O)(=O)c2ccc(CCNC[C@H](O)c3cccc(Cl)c3)cc2)ccc1O. The maximum absolute atomic E-state index is 13.0. The van der Waals surface area contributed by atoms with Gasteiger partial charge in [0, 0.05) is 11.6 Å². The van der Waals surface area contributed by atoms with Gasteiger partial charge in [0.05, 0.1) is 22.5 Å². The molecule has 0 aliphatic heterocycles. The Balaban J connectivity index is 1.61. The maximum atomic E-state index is 13.0. The van der Waals surface area contributed by atoms with Crippen LogP contribution in [0, 0.1) is 0 Å². The fourth-order valence-corrected chi connectivity index (χ4v) is 4.81. The normalized spacial score (nSPS) is 12.3. The third-order valence-electron chi connectivity index (χ3n) is 5.17. The minimum atomic E-state index is -3.89. The number of hydrogen-bond donors (Lipinski definition) is 3. The van der Waals surface area contributed by atoms with Crippen molar-refractivity contribution in [3.8, 4) is 5.75 Å². The molecule has 0 unspecified atom stereocenters. The number of phenolic OH excluding ortho intramolecular Hbond substituents is 1. The summed E-state index contributed by atoms with van der Waals surface area (Å²) in [5.74, 6) is -1.14. The first kappa shape index (κ1) is 25.7. The first-order valence-corrected chi connectivity index (χ1v) is 12.6. The van der Waals surface area contributed by atoms with Crippen LogP contribution < -0.4 is 5.32 Å². The Kier molecular flexibility index (Phi) is 8.68. The van der Waals surface area contributed by atoms with Gasteiger partial charge in [0.2, 0.25) is 9.84 Å². The molecule has 0 fully saturated rings.